The topological polar surface area (TPSA) is 66.1 Å². The summed E-state index contributed by atoms with van der Waals surface area (Å²) in [5.41, 5.74) is -0.0130. The number of anilines is 1. The van der Waals surface area contributed by atoms with E-state index in [1.807, 2.05) is 0 Å². The molecule has 3 rings (SSSR count). The van der Waals surface area contributed by atoms with Crippen LogP contribution in [0.15, 0.2) is 59.3 Å². The third-order valence-corrected chi connectivity index (χ3v) is 4.85. The third-order valence-electron chi connectivity index (χ3n) is 3.72. The van der Waals surface area contributed by atoms with Crippen molar-refractivity contribution in [3.63, 3.8) is 0 Å². The third kappa shape index (κ3) is 3.60. The van der Waals surface area contributed by atoms with Crippen LogP contribution in [0.3, 0.4) is 0 Å². The minimum atomic E-state index is -4.47. The van der Waals surface area contributed by atoms with Crippen LogP contribution in [0.2, 0.25) is 0 Å². The SMILES string of the molecule is CS(=O)(=O)c1ccc(C2=CC(C(F)(F)F)=CCN2c2ncc[nH]2)cc1. The van der Waals surface area contributed by atoms with Crippen molar-refractivity contribution in [1.29, 1.82) is 0 Å². The number of allylic oxidation sites excluding steroid dienone is 2. The quantitative estimate of drug-likeness (QED) is 0.903. The second kappa shape index (κ2) is 6.07. The van der Waals surface area contributed by atoms with Crippen LogP contribution >= 0.6 is 0 Å². The first-order valence-corrected chi connectivity index (χ1v) is 9.12. The number of nitrogens with zero attached hydrogens (tertiary/aromatic N) is 2. The molecule has 0 fully saturated rings. The van der Waals surface area contributed by atoms with Gasteiger partial charge in [-0.25, -0.2) is 13.4 Å². The lowest BCUT2D eigenvalue weighted by Gasteiger charge is -2.28. The zero-order valence-electron chi connectivity index (χ0n) is 13.1. The summed E-state index contributed by atoms with van der Waals surface area (Å²) in [6.07, 6.45) is 1.79. The number of nitrogens with one attached hydrogen (secondary N) is 1. The van der Waals surface area contributed by atoms with Crippen molar-refractivity contribution in [2.45, 2.75) is 11.1 Å². The van der Waals surface area contributed by atoms with Gasteiger partial charge in [0.15, 0.2) is 9.84 Å². The fraction of sp³-hybridized carbons (Fsp3) is 0.188. The fourth-order valence-electron chi connectivity index (χ4n) is 2.49. The number of sulfone groups is 1. The number of imidazole rings is 1. The Morgan fingerprint density at radius 2 is 1.88 bits per heavy atom. The lowest BCUT2D eigenvalue weighted by atomic mass is 10.0. The maximum absolute atomic E-state index is 13.1. The Labute approximate surface area is 142 Å². The van der Waals surface area contributed by atoms with E-state index in [1.54, 1.807) is 11.1 Å². The van der Waals surface area contributed by atoms with Crippen molar-refractivity contribution in [2.24, 2.45) is 0 Å². The van der Waals surface area contributed by atoms with Crippen molar-refractivity contribution in [3.8, 4) is 0 Å². The Morgan fingerprint density at radius 1 is 1.20 bits per heavy atom. The monoisotopic (exact) mass is 369 g/mol. The van der Waals surface area contributed by atoms with Crippen LogP contribution in [0, 0.1) is 0 Å². The van der Waals surface area contributed by atoms with E-state index in [0.717, 1.165) is 18.4 Å². The summed E-state index contributed by atoms with van der Waals surface area (Å²) in [6, 6.07) is 5.71. The molecule has 0 amide bonds. The summed E-state index contributed by atoms with van der Waals surface area (Å²) in [5.74, 6) is 0.399. The van der Waals surface area contributed by atoms with Gasteiger partial charge in [0.25, 0.3) is 0 Å². The van der Waals surface area contributed by atoms with E-state index in [1.165, 1.54) is 30.5 Å². The smallest absolute Gasteiger partial charge is 0.331 e. The number of hydrogen-bond donors (Lipinski definition) is 1. The average molecular weight is 369 g/mol. The zero-order chi connectivity index (χ0) is 18.2. The van der Waals surface area contributed by atoms with Crippen molar-refractivity contribution >= 4 is 21.5 Å². The highest BCUT2D eigenvalue weighted by molar-refractivity contribution is 7.90. The highest BCUT2D eigenvalue weighted by Crippen LogP contribution is 2.35. The van der Waals surface area contributed by atoms with E-state index < -0.39 is 21.6 Å². The second-order valence-corrected chi connectivity index (χ2v) is 7.52. The van der Waals surface area contributed by atoms with Crippen molar-refractivity contribution in [1.82, 2.24) is 9.97 Å². The van der Waals surface area contributed by atoms with Crippen LogP contribution in [-0.4, -0.2) is 37.4 Å². The molecule has 0 saturated carbocycles. The summed E-state index contributed by atoms with van der Waals surface area (Å²) in [7, 11) is -3.38. The molecular formula is C16H14F3N3O2S. The summed E-state index contributed by atoms with van der Waals surface area (Å²) in [6.45, 7) is -0.0119. The number of rotatable bonds is 3. The summed E-state index contributed by atoms with van der Waals surface area (Å²) in [5, 5.41) is 0. The van der Waals surface area contributed by atoms with Crippen LogP contribution in [0.4, 0.5) is 19.1 Å². The number of aromatic nitrogens is 2. The lowest BCUT2D eigenvalue weighted by Crippen LogP contribution is -2.28. The van der Waals surface area contributed by atoms with Gasteiger partial charge in [0.1, 0.15) is 0 Å². The van der Waals surface area contributed by atoms with Gasteiger partial charge < -0.3 is 9.88 Å². The van der Waals surface area contributed by atoms with Crippen molar-refractivity contribution in [3.05, 3.63) is 59.9 Å². The molecule has 0 bridgehead atoms. The molecule has 2 heterocycles. The molecule has 1 N–H and O–H groups in total. The molecule has 0 spiro atoms. The predicted octanol–water partition coefficient (Wildman–Crippen LogP) is 3.16. The van der Waals surface area contributed by atoms with Gasteiger partial charge in [0.2, 0.25) is 5.95 Å². The number of hydrogen-bond acceptors (Lipinski definition) is 4. The molecule has 0 aliphatic carbocycles. The predicted molar refractivity (Wildman–Crippen MR) is 87.6 cm³/mol. The van der Waals surface area contributed by atoms with Gasteiger partial charge in [0.05, 0.1) is 16.2 Å². The number of halogens is 3. The number of alkyl halides is 3. The summed E-state index contributed by atoms with van der Waals surface area (Å²) >= 11 is 0. The maximum Gasteiger partial charge on any atom is 0.416 e. The Kier molecular flexibility index (Phi) is 4.19. The second-order valence-electron chi connectivity index (χ2n) is 5.51. The zero-order valence-corrected chi connectivity index (χ0v) is 13.9. The van der Waals surface area contributed by atoms with Gasteiger partial charge in [-0.15, -0.1) is 0 Å². The first-order chi connectivity index (χ1) is 11.7. The molecule has 1 aromatic heterocycles. The molecule has 25 heavy (non-hydrogen) atoms. The van der Waals surface area contributed by atoms with Crippen LogP contribution < -0.4 is 4.90 Å². The molecule has 0 unspecified atom stereocenters. The van der Waals surface area contributed by atoms with Crippen LogP contribution in [0.1, 0.15) is 5.56 Å². The Morgan fingerprint density at radius 3 is 2.40 bits per heavy atom. The molecule has 1 aromatic carbocycles. The molecule has 0 saturated heterocycles. The van der Waals surface area contributed by atoms with E-state index in [-0.39, 0.29) is 17.1 Å². The van der Waals surface area contributed by atoms with Gasteiger partial charge in [-0.1, -0.05) is 18.2 Å². The van der Waals surface area contributed by atoms with Crippen LogP contribution in [0.25, 0.3) is 5.70 Å². The molecule has 0 radical (unpaired) electrons. The van der Waals surface area contributed by atoms with E-state index >= 15 is 0 Å². The maximum atomic E-state index is 13.1. The van der Waals surface area contributed by atoms with E-state index in [2.05, 4.69) is 9.97 Å². The molecule has 5 nitrogen and oxygen atoms in total. The number of H-pyrrole nitrogens is 1. The lowest BCUT2D eigenvalue weighted by molar-refractivity contribution is -0.0884. The summed E-state index contributed by atoms with van der Waals surface area (Å²) < 4.78 is 62.4. The van der Waals surface area contributed by atoms with Gasteiger partial charge in [-0.3, -0.25) is 0 Å². The Balaban J connectivity index is 2.06. The number of benzene rings is 1. The van der Waals surface area contributed by atoms with E-state index in [4.69, 9.17) is 0 Å². The number of aromatic amines is 1. The largest absolute Gasteiger partial charge is 0.416 e. The first kappa shape index (κ1) is 17.3. The van der Waals surface area contributed by atoms with Crippen LogP contribution in [0.5, 0.6) is 0 Å². The van der Waals surface area contributed by atoms with Crippen LogP contribution in [-0.2, 0) is 9.84 Å². The van der Waals surface area contributed by atoms with Gasteiger partial charge in [-0.05, 0) is 23.8 Å². The van der Waals surface area contributed by atoms with E-state index in [9.17, 15) is 21.6 Å². The molecule has 2 aromatic rings. The molecule has 9 heteroatoms. The molecule has 0 atom stereocenters. The Hall–Kier alpha value is -2.55. The van der Waals surface area contributed by atoms with Gasteiger partial charge in [0, 0.05) is 25.2 Å². The van der Waals surface area contributed by atoms with Crippen molar-refractivity contribution < 1.29 is 21.6 Å². The van der Waals surface area contributed by atoms with Gasteiger partial charge in [-0.2, -0.15) is 13.2 Å². The van der Waals surface area contributed by atoms with Gasteiger partial charge >= 0.3 is 6.18 Å². The Bertz CT molecular complexity index is 928. The van der Waals surface area contributed by atoms with E-state index in [0.29, 0.717) is 11.5 Å². The minimum Gasteiger partial charge on any atom is -0.331 e. The molecular weight excluding hydrogens is 355 g/mol. The molecule has 132 valence electrons. The average Bonchev–Trinajstić information content (AvgIpc) is 3.07. The minimum absolute atomic E-state index is 0.0119. The molecule has 1 aliphatic rings. The standard InChI is InChI=1S/C16H14F3N3O2S/c1-25(23,24)13-4-2-11(3-5-13)14-10-12(16(17,18)19)6-9-22(14)15-20-7-8-21-15/h2-8,10H,9H2,1H3,(H,20,21). The highest BCUT2D eigenvalue weighted by Gasteiger charge is 2.35. The summed E-state index contributed by atoms with van der Waals surface area (Å²) in [4.78, 5) is 8.63. The van der Waals surface area contributed by atoms with Crippen molar-refractivity contribution in [2.75, 3.05) is 17.7 Å². The first-order valence-electron chi connectivity index (χ1n) is 7.23. The fourth-order valence-corrected chi connectivity index (χ4v) is 3.12. The normalized spacial score (nSPS) is 15.8. The highest BCUT2D eigenvalue weighted by atomic mass is 32.2. The molecule has 1 aliphatic heterocycles.